The van der Waals surface area contributed by atoms with Crippen LogP contribution in [-0.4, -0.2) is 37.0 Å². The van der Waals surface area contributed by atoms with Crippen LogP contribution in [-0.2, 0) is 19.1 Å². The van der Waals surface area contributed by atoms with E-state index in [0.717, 1.165) is 44.9 Å². The standard InChI is InChI=1S/C44H84N2O4/c1-4-6-8-10-12-14-16-18-20-22-24-26-28-30-32-34-38-45-42(48)40(39-46-43(49)44(3)36-37-44)50-41(47)35-33-31-29-27-25-23-21-19-17-15-13-11-9-7-5-2/h40H,4-39H2,1-3H3,(H,45,48)(H,46,49). The molecule has 1 aliphatic rings. The van der Waals surface area contributed by atoms with Gasteiger partial charge < -0.3 is 15.4 Å². The average molecular weight is 705 g/mol. The lowest BCUT2D eigenvalue weighted by atomic mass is 10.0. The van der Waals surface area contributed by atoms with Crippen LogP contribution in [0, 0.1) is 5.41 Å². The van der Waals surface area contributed by atoms with E-state index in [0.29, 0.717) is 13.0 Å². The van der Waals surface area contributed by atoms with Gasteiger partial charge in [0.15, 0.2) is 6.10 Å². The van der Waals surface area contributed by atoms with Crippen molar-refractivity contribution in [3.8, 4) is 0 Å². The summed E-state index contributed by atoms with van der Waals surface area (Å²) in [7, 11) is 0. The predicted molar refractivity (Wildman–Crippen MR) is 212 cm³/mol. The summed E-state index contributed by atoms with van der Waals surface area (Å²) in [6.07, 6.45) is 41.3. The number of carbonyl (C=O) groups is 3. The van der Waals surface area contributed by atoms with Gasteiger partial charge >= 0.3 is 5.97 Å². The molecule has 1 rings (SSSR count). The molecule has 0 heterocycles. The van der Waals surface area contributed by atoms with E-state index in [1.165, 1.54) is 167 Å². The van der Waals surface area contributed by atoms with Crippen LogP contribution >= 0.6 is 0 Å². The number of nitrogens with one attached hydrogen (secondary N) is 2. The van der Waals surface area contributed by atoms with Crippen molar-refractivity contribution in [2.24, 2.45) is 5.41 Å². The first-order chi connectivity index (χ1) is 24.4. The van der Waals surface area contributed by atoms with Gasteiger partial charge in [-0.25, -0.2) is 0 Å². The van der Waals surface area contributed by atoms with Crippen LogP contribution < -0.4 is 10.6 Å². The van der Waals surface area contributed by atoms with Crippen molar-refractivity contribution in [2.75, 3.05) is 13.1 Å². The SMILES string of the molecule is CCCCCCCCCCCCCCCCCCNC(=O)C(CNC(=O)C1(C)CC1)OC(=O)CCCCCCCCCCCCCCCCC. The predicted octanol–water partition coefficient (Wildman–Crippen LogP) is 12.5. The Hall–Kier alpha value is -1.59. The smallest absolute Gasteiger partial charge is 0.306 e. The molecule has 1 saturated carbocycles. The lowest BCUT2D eigenvalue weighted by Crippen LogP contribution is -2.46. The lowest BCUT2D eigenvalue weighted by molar-refractivity contribution is -0.156. The number of amides is 2. The first-order valence-electron chi connectivity index (χ1n) is 22.2. The average Bonchev–Trinajstić information content (AvgIpc) is 3.87. The highest BCUT2D eigenvalue weighted by molar-refractivity contribution is 5.87. The number of hydrogen-bond acceptors (Lipinski definition) is 4. The highest BCUT2D eigenvalue weighted by Crippen LogP contribution is 2.44. The molecule has 1 fully saturated rings. The maximum absolute atomic E-state index is 13.0. The third kappa shape index (κ3) is 28.1. The van der Waals surface area contributed by atoms with Crippen LogP contribution in [0.15, 0.2) is 0 Å². The quantitative estimate of drug-likeness (QED) is 0.0495. The Kier molecular flexibility index (Phi) is 30.9. The van der Waals surface area contributed by atoms with Crippen LogP contribution in [0.1, 0.15) is 239 Å². The van der Waals surface area contributed by atoms with Gasteiger partial charge in [-0.3, -0.25) is 14.4 Å². The zero-order valence-corrected chi connectivity index (χ0v) is 33.7. The molecule has 2 amide bonds. The summed E-state index contributed by atoms with van der Waals surface area (Å²) in [5.41, 5.74) is -0.327. The monoisotopic (exact) mass is 705 g/mol. The van der Waals surface area contributed by atoms with Gasteiger partial charge in [0, 0.05) is 18.4 Å². The Morgan fingerprint density at radius 3 is 1.20 bits per heavy atom. The number of unbranched alkanes of at least 4 members (excludes halogenated alkanes) is 29. The van der Waals surface area contributed by atoms with Gasteiger partial charge in [0.25, 0.3) is 5.91 Å². The fourth-order valence-corrected chi connectivity index (χ4v) is 6.86. The minimum atomic E-state index is -0.966. The molecule has 0 bridgehead atoms. The van der Waals surface area contributed by atoms with Crippen molar-refractivity contribution in [2.45, 2.75) is 245 Å². The molecule has 0 aromatic rings. The minimum absolute atomic E-state index is 0.0454. The molecule has 6 nitrogen and oxygen atoms in total. The van der Waals surface area contributed by atoms with Gasteiger partial charge in [-0.15, -0.1) is 0 Å². The van der Waals surface area contributed by atoms with Crippen LogP contribution in [0.2, 0.25) is 0 Å². The molecule has 1 unspecified atom stereocenters. The molecule has 0 aromatic heterocycles. The normalized spacial score (nSPS) is 14.0. The summed E-state index contributed by atoms with van der Waals surface area (Å²) in [6.45, 7) is 7.12. The molecule has 1 atom stereocenters. The number of ether oxygens (including phenoxy) is 1. The number of rotatable bonds is 38. The zero-order valence-electron chi connectivity index (χ0n) is 33.7. The number of carbonyl (C=O) groups excluding carboxylic acids is 3. The molecule has 0 radical (unpaired) electrons. The maximum atomic E-state index is 13.0. The van der Waals surface area contributed by atoms with Crippen LogP contribution in [0.3, 0.4) is 0 Å². The first kappa shape index (κ1) is 46.4. The summed E-state index contributed by atoms with van der Waals surface area (Å²) in [6, 6.07) is 0. The van der Waals surface area contributed by atoms with Crippen LogP contribution in [0.25, 0.3) is 0 Å². The number of hydrogen-bond donors (Lipinski definition) is 2. The number of esters is 1. The van der Waals surface area contributed by atoms with Gasteiger partial charge in [0.05, 0.1) is 6.54 Å². The van der Waals surface area contributed by atoms with Crippen molar-refractivity contribution in [3.05, 3.63) is 0 Å². The zero-order chi connectivity index (χ0) is 36.4. The van der Waals surface area contributed by atoms with Gasteiger partial charge in [-0.1, -0.05) is 207 Å². The summed E-state index contributed by atoms with van der Waals surface area (Å²) in [4.78, 5) is 38.2. The Morgan fingerprint density at radius 2 is 0.840 bits per heavy atom. The third-order valence-electron chi connectivity index (χ3n) is 10.9. The van der Waals surface area contributed by atoms with E-state index in [9.17, 15) is 14.4 Å². The molecular weight excluding hydrogens is 620 g/mol. The molecule has 294 valence electrons. The largest absolute Gasteiger partial charge is 0.450 e. The topological polar surface area (TPSA) is 84.5 Å². The second kappa shape index (κ2) is 33.3. The van der Waals surface area contributed by atoms with Gasteiger partial charge in [0.2, 0.25) is 5.91 Å². The fraction of sp³-hybridized carbons (Fsp3) is 0.932. The van der Waals surface area contributed by atoms with E-state index in [1.807, 2.05) is 6.92 Å². The second-order valence-electron chi connectivity index (χ2n) is 16.0. The maximum Gasteiger partial charge on any atom is 0.306 e. The Balaban J connectivity index is 2.11. The van der Waals surface area contributed by atoms with Gasteiger partial charge in [0.1, 0.15) is 0 Å². The fourth-order valence-electron chi connectivity index (χ4n) is 6.86. The first-order valence-corrected chi connectivity index (χ1v) is 22.2. The molecule has 0 spiro atoms. The molecule has 50 heavy (non-hydrogen) atoms. The van der Waals surface area contributed by atoms with Crippen molar-refractivity contribution < 1.29 is 19.1 Å². The highest BCUT2D eigenvalue weighted by Gasteiger charge is 2.45. The molecule has 0 aromatic carbocycles. The van der Waals surface area contributed by atoms with E-state index >= 15 is 0 Å². The summed E-state index contributed by atoms with van der Waals surface area (Å²) < 4.78 is 5.63. The summed E-state index contributed by atoms with van der Waals surface area (Å²) in [5, 5.41) is 5.85. The Labute approximate surface area is 310 Å². The Morgan fingerprint density at radius 1 is 0.500 bits per heavy atom. The van der Waals surface area contributed by atoms with E-state index in [-0.39, 0.29) is 29.7 Å². The third-order valence-corrected chi connectivity index (χ3v) is 10.9. The second-order valence-corrected chi connectivity index (χ2v) is 16.0. The molecule has 6 heteroatoms. The van der Waals surface area contributed by atoms with Crippen molar-refractivity contribution >= 4 is 17.8 Å². The van der Waals surface area contributed by atoms with E-state index in [2.05, 4.69) is 24.5 Å². The van der Waals surface area contributed by atoms with E-state index in [4.69, 9.17) is 4.74 Å². The van der Waals surface area contributed by atoms with Gasteiger partial charge in [-0.05, 0) is 25.7 Å². The lowest BCUT2D eigenvalue weighted by Gasteiger charge is -2.19. The molecule has 0 saturated heterocycles. The molecule has 0 aliphatic heterocycles. The molecule has 2 N–H and O–H groups in total. The van der Waals surface area contributed by atoms with E-state index < -0.39 is 6.10 Å². The van der Waals surface area contributed by atoms with Crippen molar-refractivity contribution in [3.63, 3.8) is 0 Å². The molecular formula is C44H84N2O4. The van der Waals surface area contributed by atoms with Crippen molar-refractivity contribution in [1.82, 2.24) is 10.6 Å². The van der Waals surface area contributed by atoms with Crippen LogP contribution in [0.4, 0.5) is 0 Å². The summed E-state index contributed by atoms with van der Waals surface area (Å²) in [5.74, 6) is -0.683. The van der Waals surface area contributed by atoms with Crippen LogP contribution in [0.5, 0.6) is 0 Å². The molecule has 1 aliphatic carbocycles. The highest BCUT2D eigenvalue weighted by atomic mass is 16.5. The van der Waals surface area contributed by atoms with Gasteiger partial charge in [-0.2, -0.15) is 0 Å². The van der Waals surface area contributed by atoms with Crippen molar-refractivity contribution in [1.29, 1.82) is 0 Å². The summed E-state index contributed by atoms with van der Waals surface area (Å²) >= 11 is 0. The Bertz CT molecular complexity index is 812. The van der Waals surface area contributed by atoms with E-state index in [1.54, 1.807) is 0 Å². The minimum Gasteiger partial charge on any atom is -0.450 e.